The van der Waals surface area contributed by atoms with Crippen LogP contribution in [0.15, 0.2) is 105 Å². The molecule has 4 rings (SSSR count). The number of aromatic hydroxyl groups is 1. The van der Waals surface area contributed by atoms with Gasteiger partial charge in [0.05, 0.1) is 28.9 Å². The second-order valence-corrected chi connectivity index (χ2v) is 8.65. The van der Waals surface area contributed by atoms with Crippen molar-refractivity contribution in [3.63, 3.8) is 0 Å². The number of carboxylic acids is 2. The molecule has 0 aliphatic heterocycles. The molecule has 0 aliphatic rings. The number of aromatic carboxylic acids is 2. The molecule has 0 unspecified atom stereocenters. The van der Waals surface area contributed by atoms with Gasteiger partial charge in [-0.15, -0.1) is 0 Å². The van der Waals surface area contributed by atoms with Crippen molar-refractivity contribution < 1.29 is 29.6 Å². The van der Waals surface area contributed by atoms with Crippen LogP contribution >= 0.6 is 0 Å². The van der Waals surface area contributed by atoms with Crippen molar-refractivity contribution in [2.24, 2.45) is 20.5 Å². The largest absolute Gasteiger partial charge is 0.507 e. The number of carboxylic acid groups (broad SMARTS) is 2. The highest BCUT2D eigenvalue weighted by Gasteiger charge is 2.14. The van der Waals surface area contributed by atoms with Gasteiger partial charge in [0.1, 0.15) is 22.6 Å². The Bertz CT molecular complexity index is 1560. The molecule has 0 heterocycles. The lowest BCUT2D eigenvalue weighted by molar-refractivity contribution is 0.0680. The van der Waals surface area contributed by atoms with Crippen molar-refractivity contribution in [2.45, 2.75) is 20.0 Å². The first-order valence-corrected chi connectivity index (χ1v) is 11.8. The summed E-state index contributed by atoms with van der Waals surface area (Å²) < 4.78 is 5.54. The van der Waals surface area contributed by atoms with E-state index in [9.17, 15) is 19.8 Å². The molecule has 3 N–H and O–H groups in total. The zero-order chi connectivity index (χ0) is 27.9. The fraction of sp³-hybridized carbons (Fsp3) is 0.103. The van der Waals surface area contributed by atoms with E-state index in [0.717, 1.165) is 11.1 Å². The zero-order valence-corrected chi connectivity index (χ0v) is 21.0. The number of hydrogen-bond donors (Lipinski definition) is 3. The quantitative estimate of drug-likeness (QED) is 0.188. The third-order valence-corrected chi connectivity index (χ3v) is 5.40. The lowest BCUT2D eigenvalue weighted by Crippen LogP contribution is -2.09. The number of hydrogen-bond acceptors (Lipinski definition) is 8. The predicted molar refractivity (Wildman–Crippen MR) is 144 cm³/mol. The third kappa shape index (κ3) is 6.89. The van der Waals surface area contributed by atoms with Gasteiger partial charge in [0, 0.05) is 0 Å². The van der Waals surface area contributed by atoms with E-state index in [4.69, 9.17) is 9.84 Å². The topological polar surface area (TPSA) is 154 Å². The van der Waals surface area contributed by atoms with Crippen LogP contribution in [0.3, 0.4) is 0 Å². The molecule has 0 aliphatic carbocycles. The molecular formula is C29H24N4O6. The van der Waals surface area contributed by atoms with Crippen LogP contribution in [0.25, 0.3) is 11.1 Å². The van der Waals surface area contributed by atoms with Gasteiger partial charge in [-0.2, -0.15) is 20.5 Å². The van der Waals surface area contributed by atoms with Crippen LogP contribution in [0.1, 0.15) is 34.6 Å². The number of benzene rings is 4. The van der Waals surface area contributed by atoms with E-state index < -0.39 is 11.9 Å². The molecule has 0 radical (unpaired) electrons. The normalized spacial score (nSPS) is 11.4. The Morgan fingerprint density at radius 2 is 1.03 bits per heavy atom. The molecule has 0 atom stereocenters. The molecule has 0 fully saturated rings. The van der Waals surface area contributed by atoms with Gasteiger partial charge < -0.3 is 20.1 Å². The summed E-state index contributed by atoms with van der Waals surface area (Å²) in [4.78, 5) is 22.7. The summed E-state index contributed by atoms with van der Waals surface area (Å²) in [6, 6.07) is 23.3. The van der Waals surface area contributed by atoms with Crippen LogP contribution in [0, 0.1) is 0 Å². The second kappa shape index (κ2) is 11.8. The summed E-state index contributed by atoms with van der Waals surface area (Å²) >= 11 is 0. The Morgan fingerprint density at radius 3 is 1.49 bits per heavy atom. The van der Waals surface area contributed by atoms with Crippen LogP contribution in [0.4, 0.5) is 22.7 Å². The molecule has 196 valence electrons. The fourth-order valence-electron chi connectivity index (χ4n) is 3.53. The summed E-state index contributed by atoms with van der Waals surface area (Å²) in [5, 5.41) is 44.7. The van der Waals surface area contributed by atoms with Gasteiger partial charge in [0.25, 0.3) is 0 Å². The van der Waals surface area contributed by atoms with Gasteiger partial charge in [-0.3, -0.25) is 0 Å². The molecule has 4 aromatic carbocycles. The van der Waals surface area contributed by atoms with Crippen molar-refractivity contribution in [3.05, 3.63) is 96.1 Å². The molecular weight excluding hydrogens is 500 g/mol. The first-order valence-electron chi connectivity index (χ1n) is 11.8. The Balaban J connectivity index is 1.44. The minimum atomic E-state index is -1.25. The Hall–Kier alpha value is -5.38. The molecule has 4 aromatic rings. The lowest BCUT2D eigenvalue weighted by Gasteiger charge is -2.12. The Morgan fingerprint density at radius 1 is 0.615 bits per heavy atom. The summed E-state index contributed by atoms with van der Waals surface area (Å²) in [6.45, 7) is 3.64. The van der Waals surface area contributed by atoms with Gasteiger partial charge >= 0.3 is 11.9 Å². The number of nitrogens with zero attached hydrogens (tertiary/aromatic N) is 4. The highest BCUT2D eigenvalue weighted by atomic mass is 16.5. The van der Waals surface area contributed by atoms with Gasteiger partial charge in [0.2, 0.25) is 0 Å². The average molecular weight is 525 g/mol. The van der Waals surface area contributed by atoms with Crippen molar-refractivity contribution in [2.75, 3.05) is 0 Å². The SMILES string of the molecule is CC(C)Oc1ccc(/N=N/c2ccc(-c3ccc(/N=N/c4ccc(O)c(C(=O)O)c4)cc3)cc2)cc1C(=O)O. The molecule has 10 nitrogen and oxygen atoms in total. The van der Waals surface area contributed by atoms with E-state index in [-0.39, 0.29) is 28.7 Å². The minimum absolute atomic E-state index is 0.0200. The molecule has 0 amide bonds. The number of rotatable bonds is 9. The van der Waals surface area contributed by atoms with E-state index >= 15 is 0 Å². The number of azo groups is 2. The van der Waals surface area contributed by atoms with E-state index in [1.54, 1.807) is 36.4 Å². The van der Waals surface area contributed by atoms with Gasteiger partial charge in [0.15, 0.2) is 0 Å². The highest BCUT2D eigenvalue weighted by molar-refractivity contribution is 5.92. The standard InChI is InChI=1S/C29H24N4O6/c1-17(2)39-27-14-12-23(16-25(27)29(37)38)33-31-21-9-5-19(6-10-21)18-3-7-20(8-4-18)30-32-22-11-13-26(34)24(15-22)28(35)36/h3-17,34H,1-2H3,(H,35,36)(H,37,38)/b32-30+,33-31+. The van der Waals surface area contributed by atoms with Gasteiger partial charge in [-0.1, -0.05) is 24.3 Å². The molecule has 0 saturated heterocycles. The second-order valence-electron chi connectivity index (χ2n) is 8.65. The average Bonchev–Trinajstić information content (AvgIpc) is 2.92. The third-order valence-electron chi connectivity index (χ3n) is 5.40. The first kappa shape index (κ1) is 26.7. The van der Waals surface area contributed by atoms with Crippen molar-refractivity contribution >= 4 is 34.7 Å². The molecule has 0 saturated carbocycles. The van der Waals surface area contributed by atoms with E-state index in [0.29, 0.717) is 22.7 Å². The number of phenols is 1. The lowest BCUT2D eigenvalue weighted by atomic mass is 10.1. The number of carbonyl (C=O) groups is 2. The monoisotopic (exact) mass is 524 g/mol. The molecule has 39 heavy (non-hydrogen) atoms. The summed E-state index contributed by atoms with van der Waals surface area (Å²) in [5.74, 6) is -2.41. The van der Waals surface area contributed by atoms with E-state index in [1.165, 1.54) is 24.3 Å². The maximum absolute atomic E-state index is 11.6. The number of ether oxygens (including phenoxy) is 1. The van der Waals surface area contributed by atoms with Crippen LogP contribution in [0.5, 0.6) is 11.5 Å². The van der Waals surface area contributed by atoms with Crippen LogP contribution in [-0.4, -0.2) is 33.4 Å². The van der Waals surface area contributed by atoms with Crippen molar-refractivity contribution in [3.8, 4) is 22.6 Å². The smallest absolute Gasteiger partial charge is 0.339 e. The van der Waals surface area contributed by atoms with Gasteiger partial charge in [-0.25, -0.2) is 9.59 Å². The van der Waals surface area contributed by atoms with Crippen LogP contribution in [0.2, 0.25) is 0 Å². The van der Waals surface area contributed by atoms with Gasteiger partial charge in [-0.05, 0) is 85.6 Å². The maximum atomic E-state index is 11.6. The predicted octanol–water partition coefficient (Wildman–Crippen LogP) is 8.07. The summed E-state index contributed by atoms with van der Waals surface area (Å²) in [5.41, 5.74) is 3.50. The van der Waals surface area contributed by atoms with E-state index in [2.05, 4.69) is 20.5 Å². The molecule has 0 aromatic heterocycles. The van der Waals surface area contributed by atoms with Crippen LogP contribution < -0.4 is 4.74 Å². The molecule has 0 spiro atoms. The fourth-order valence-corrected chi connectivity index (χ4v) is 3.53. The summed E-state index contributed by atoms with van der Waals surface area (Å²) in [6.07, 6.45) is -0.158. The maximum Gasteiger partial charge on any atom is 0.339 e. The highest BCUT2D eigenvalue weighted by Crippen LogP contribution is 2.30. The minimum Gasteiger partial charge on any atom is -0.507 e. The Labute approximate surface area is 223 Å². The van der Waals surface area contributed by atoms with Crippen LogP contribution in [-0.2, 0) is 0 Å². The Kier molecular flexibility index (Phi) is 8.06. The molecule has 0 bridgehead atoms. The molecule has 10 heteroatoms. The summed E-state index contributed by atoms with van der Waals surface area (Å²) in [7, 11) is 0. The first-order chi connectivity index (χ1) is 18.7. The van der Waals surface area contributed by atoms with Crippen molar-refractivity contribution in [1.29, 1.82) is 0 Å². The van der Waals surface area contributed by atoms with Crippen molar-refractivity contribution in [1.82, 2.24) is 0 Å². The van der Waals surface area contributed by atoms with E-state index in [1.807, 2.05) is 38.1 Å². The zero-order valence-electron chi connectivity index (χ0n) is 21.0.